The minimum Gasteiger partial charge on any atom is -0.481 e. The first-order chi connectivity index (χ1) is 10.0. The molecule has 2 atom stereocenters. The normalized spacial score (nSPS) is 20.2. The molecule has 21 heavy (non-hydrogen) atoms. The molecule has 1 heterocycles. The first kappa shape index (κ1) is 15.7. The summed E-state index contributed by atoms with van der Waals surface area (Å²) in [5, 5.41) is 3.17. The molecule has 1 aliphatic rings. The highest BCUT2D eigenvalue weighted by Crippen LogP contribution is 2.18. The SMILES string of the molecule is CNC1CCCN(C(=O)C(C)Oc2ccc(F)c(F)c2)C1. The van der Waals surface area contributed by atoms with E-state index >= 15 is 0 Å². The molecule has 1 fully saturated rings. The molecule has 2 rings (SSSR count). The van der Waals surface area contributed by atoms with Crippen molar-refractivity contribution in [2.45, 2.75) is 31.9 Å². The number of likely N-dealkylation sites (tertiary alicyclic amines) is 1. The number of likely N-dealkylation sites (N-methyl/N-ethyl adjacent to an activating group) is 1. The zero-order chi connectivity index (χ0) is 15.4. The van der Waals surface area contributed by atoms with E-state index in [1.165, 1.54) is 6.07 Å². The molecule has 1 N–H and O–H groups in total. The fourth-order valence-corrected chi connectivity index (χ4v) is 2.47. The first-order valence-electron chi connectivity index (χ1n) is 7.09. The number of ether oxygens (including phenoxy) is 1. The summed E-state index contributed by atoms with van der Waals surface area (Å²) in [5.74, 6) is -1.91. The van der Waals surface area contributed by atoms with Gasteiger partial charge in [-0.25, -0.2) is 8.78 Å². The number of hydrogen-bond acceptors (Lipinski definition) is 3. The number of piperidine rings is 1. The smallest absolute Gasteiger partial charge is 0.263 e. The van der Waals surface area contributed by atoms with E-state index in [4.69, 9.17) is 4.74 Å². The van der Waals surface area contributed by atoms with Crippen LogP contribution < -0.4 is 10.1 Å². The summed E-state index contributed by atoms with van der Waals surface area (Å²) >= 11 is 0. The summed E-state index contributed by atoms with van der Waals surface area (Å²) in [6.07, 6.45) is 1.25. The number of amides is 1. The van der Waals surface area contributed by atoms with Crippen LogP contribution in [0.1, 0.15) is 19.8 Å². The predicted octanol–water partition coefficient (Wildman–Crippen LogP) is 1.94. The summed E-state index contributed by atoms with van der Waals surface area (Å²) < 4.78 is 31.4. The standard InChI is InChI=1S/C15H20F2N2O2/c1-10(21-12-5-6-13(16)14(17)8-12)15(20)19-7-3-4-11(9-19)18-2/h5-6,8,10-11,18H,3-4,7,9H2,1-2H3. The molecule has 0 radical (unpaired) electrons. The highest BCUT2D eigenvalue weighted by Gasteiger charge is 2.27. The molecular weight excluding hydrogens is 278 g/mol. The van der Waals surface area contributed by atoms with Gasteiger partial charge in [-0.3, -0.25) is 4.79 Å². The lowest BCUT2D eigenvalue weighted by Gasteiger charge is -2.34. The van der Waals surface area contributed by atoms with Crippen LogP contribution in [0.2, 0.25) is 0 Å². The molecule has 2 unspecified atom stereocenters. The van der Waals surface area contributed by atoms with Crippen LogP contribution in [-0.4, -0.2) is 43.1 Å². The minimum atomic E-state index is -0.986. The maximum absolute atomic E-state index is 13.1. The van der Waals surface area contributed by atoms with Crippen LogP contribution in [0.4, 0.5) is 8.78 Å². The Balaban J connectivity index is 1.97. The van der Waals surface area contributed by atoms with Crippen molar-refractivity contribution in [1.82, 2.24) is 10.2 Å². The second-order valence-corrected chi connectivity index (χ2v) is 5.25. The van der Waals surface area contributed by atoms with Gasteiger partial charge in [0.25, 0.3) is 5.91 Å². The highest BCUT2D eigenvalue weighted by atomic mass is 19.2. The fraction of sp³-hybridized carbons (Fsp3) is 0.533. The lowest BCUT2D eigenvalue weighted by molar-refractivity contribution is -0.139. The van der Waals surface area contributed by atoms with E-state index in [1.54, 1.807) is 11.8 Å². The molecule has 1 aliphatic heterocycles. The van der Waals surface area contributed by atoms with Gasteiger partial charge in [0, 0.05) is 25.2 Å². The average molecular weight is 298 g/mol. The quantitative estimate of drug-likeness (QED) is 0.923. The third kappa shape index (κ3) is 3.91. The van der Waals surface area contributed by atoms with Crippen LogP contribution in [-0.2, 0) is 4.79 Å². The van der Waals surface area contributed by atoms with Crippen LogP contribution in [0.15, 0.2) is 18.2 Å². The lowest BCUT2D eigenvalue weighted by atomic mass is 10.1. The number of hydrogen-bond donors (Lipinski definition) is 1. The number of nitrogens with zero attached hydrogens (tertiary/aromatic N) is 1. The van der Waals surface area contributed by atoms with Gasteiger partial charge in [0.15, 0.2) is 17.7 Å². The van der Waals surface area contributed by atoms with Gasteiger partial charge in [-0.15, -0.1) is 0 Å². The van der Waals surface area contributed by atoms with Crippen LogP contribution >= 0.6 is 0 Å². The topological polar surface area (TPSA) is 41.6 Å². The van der Waals surface area contributed by atoms with Crippen LogP contribution in [0.5, 0.6) is 5.75 Å². The molecule has 1 aromatic rings. The van der Waals surface area contributed by atoms with Gasteiger partial charge in [-0.05, 0) is 38.9 Å². The summed E-state index contributed by atoms with van der Waals surface area (Å²) in [4.78, 5) is 14.1. The van der Waals surface area contributed by atoms with Crippen LogP contribution in [0.3, 0.4) is 0 Å². The zero-order valence-corrected chi connectivity index (χ0v) is 12.2. The second-order valence-electron chi connectivity index (χ2n) is 5.25. The van der Waals surface area contributed by atoms with Gasteiger partial charge in [0.05, 0.1) is 0 Å². The van der Waals surface area contributed by atoms with Crippen molar-refractivity contribution in [2.75, 3.05) is 20.1 Å². The Hall–Kier alpha value is -1.69. The molecule has 1 amide bonds. The monoisotopic (exact) mass is 298 g/mol. The van der Waals surface area contributed by atoms with Crippen LogP contribution in [0, 0.1) is 11.6 Å². The Morgan fingerprint density at radius 3 is 2.86 bits per heavy atom. The van der Waals surface area contributed by atoms with Gasteiger partial charge >= 0.3 is 0 Å². The molecule has 6 heteroatoms. The van der Waals surface area contributed by atoms with Crippen LogP contribution in [0.25, 0.3) is 0 Å². The number of nitrogens with one attached hydrogen (secondary N) is 1. The highest BCUT2D eigenvalue weighted by molar-refractivity contribution is 5.81. The average Bonchev–Trinajstić information content (AvgIpc) is 2.50. The Morgan fingerprint density at radius 2 is 2.19 bits per heavy atom. The Bertz CT molecular complexity index is 510. The zero-order valence-electron chi connectivity index (χ0n) is 12.2. The lowest BCUT2D eigenvalue weighted by Crippen LogP contribution is -2.50. The van der Waals surface area contributed by atoms with Gasteiger partial charge in [-0.1, -0.05) is 0 Å². The van der Waals surface area contributed by atoms with Crippen molar-refractivity contribution in [2.24, 2.45) is 0 Å². The number of carbonyl (C=O) groups excluding carboxylic acids is 1. The minimum absolute atomic E-state index is 0.139. The molecule has 0 spiro atoms. The van der Waals surface area contributed by atoms with E-state index in [9.17, 15) is 13.6 Å². The van der Waals surface area contributed by atoms with Gasteiger partial charge < -0.3 is 15.0 Å². The number of benzene rings is 1. The second kappa shape index (κ2) is 6.85. The maximum Gasteiger partial charge on any atom is 0.263 e. The molecule has 4 nitrogen and oxygen atoms in total. The van der Waals surface area contributed by atoms with Crippen molar-refractivity contribution < 1.29 is 18.3 Å². The van der Waals surface area contributed by atoms with E-state index < -0.39 is 17.7 Å². The van der Waals surface area contributed by atoms with Crippen molar-refractivity contribution in [1.29, 1.82) is 0 Å². The molecule has 0 aromatic heterocycles. The Labute approximate surface area is 123 Å². The molecule has 116 valence electrons. The Kier molecular flexibility index (Phi) is 5.12. The third-order valence-electron chi connectivity index (χ3n) is 3.69. The number of carbonyl (C=O) groups is 1. The molecule has 0 aliphatic carbocycles. The fourth-order valence-electron chi connectivity index (χ4n) is 2.47. The summed E-state index contributed by atoms with van der Waals surface area (Å²) in [6, 6.07) is 3.54. The molecule has 0 bridgehead atoms. The number of rotatable bonds is 4. The number of halogens is 2. The molecule has 1 saturated heterocycles. The summed E-state index contributed by atoms with van der Waals surface area (Å²) in [6.45, 7) is 2.95. The van der Waals surface area contributed by atoms with Crippen molar-refractivity contribution >= 4 is 5.91 Å². The summed E-state index contributed by atoms with van der Waals surface area (Å²) in [7, 11) is 1.87. The largest absolute Gasteiger partial charge is 0.481 e. The van der Waals surface area contributed by atoms with E-state index in [-0.39, 0.29) is 17.7 Å². The Morgan fingerprint density at radius 1 is 1.43 bits per heavy atom. The van der Waals surface area contributed by atoms with Gasteiger partial charge in [0.2, 0.25) is 0 Å². The molecule has 0 saturated carbocycles. The van der Waals surface area contributed by atoms with E-state index in [2.05, 4.69) is 5.32 Å². The van der Waals surface area contributed by atoms with E-state index in [0.29, 0.717) is 13.1 Å². The molecular formula is C15H20F2N2O2. The first-order valence-corrected chi connectivity index (χ1v) is 7.09. The van der Waals surface area contributed by atoms with Gasteiger partial charge in [-0.2, -0.15) is 0 Å². The maximum atomic E-state index is 13.1. The van der Waals surface area contributed by atoms with E-state index in [0.717, 1.165) is 25.0 Å². The predicted molar refractivity (Wildman–Crippen MR) is 75.1 cm³/mol. The van der Waals surface area contributed by atoms with E-state index in [1.807, 2.05) is 7.05 Å². The summed E-state index contributed by atoms with van der Waals surface area (Å²) in [5.41, 5.74) is 0. The molecule has 1 aromatic carbocycles. The van der Waals surface area contributed by atoms with Crippen molar-refractivity contribution in [3.63, 3.8) is 0 Å². The third-order valence-corrected chi connectivity index (χ3v) is 3.69. The van der Waals surface area contributed by atoms with Gasteiger partial charge in [0.1, 0.15) is 5.75 Å². The van der Waals surface area contributed by atoms with Crippen molar-refractivity contribution in [3.05, 3.63) is 29.8 Å². The van der Waals surface area contributed by atoms with Crippen molar-refractivity contribution in [3.8, 4) is 5.75 Å².